The van der Waals surface area contributed by atoms with Crippen LogP contribution in [0.3, 0.4) is 0 Å². The number of nitrogens with one attached hydrogen (secondary N) is 1. The average molecular weight is 325 g/mol. The smallest absolute Gasteiger partial charge is 0.255 e. The number of rotatable bonds is 5. The maximum atomic E-state index is 12.3. The monoisotopic (exact) mass is 324 g/mol. The van der Waals surface area contributed by atoms with Gasteiger partial charge in [0.15, 0.2) is 0 Å². The molecule has 122 valence electrons. The minimum Gasteiger partial charge on any atom is -0.496 e. The number of halogens is 1. The molecule has 1 N–H and O–H groups in total. The van der Waals surface area contributed by atoms with Crippen LogP contribution in [0.4, 0.5) is 0 Å². The number of carbonyl (C=O) groups excluding carboxylic acids is 1. The Kier molecular flexibility index (Phi) is 6.09. The lowest BCUT2D eigenvalue weighted by molar-refractivity contribution is 0.0933. The second-order valence-electron chi connectivity index (χ2n) is 6.31. The van der Waals surface area contributed by atoms with Crippen LogP contribution in [0.2, 0.25) is 5.02 Å². The second kappa shape index (κ2) is 7.84. The fraction of sp³-hybridized carbons (Fsp3) is 0.588. The van der Waals surface area contributed by atoms with Crippen LogP contribution in [0.1, 0.15) is 30.6 Å². The van der Waals surface area contributed by atoms with Gasteiger partial charge in [-0.3, -0.25) is 4.79 Å². The summed E-state index contributed by atoms with van der Waals surface area (Å²) in [6.07, 6.45) is 1.29. The van der Waals surface area contributed by atoms with Gasteiger partial charge in [0.2, 0.25) is 0 Å². The molecule has 1 aliphatic heterocycles. The van der Waals surface area contributed by atoms with Gasteiger partial charge in [0.05, 0.1) is 12.7 Å². The normalized spacial score (nSPS) is 22.4. The van der Waals surface area contributed by atoms with E-state index in [0.29, 0.717) is 22.9 Å². The highest BCUT2D eigenvalue weighted by atomic mass is 35.5. The molecular formula is C17H25ClN2O2. The summed E-state index contributed by atoms with van der Waals surface area (Å²) in [5, 5.41) is 3.49. The van der Waals surface area contributed by atoms with Crippen LogP contribution in [0.5, 0.6) is 5.75 Å². The van der Waals surface area contributed by atoms with E-state index < -0.39 is 0 Å². The van der Waals surface area contributed by atoms with Crippen LogP contribution in [0.15, 0.2) is 18.2 Å². The van der Waals surface area contributed by atoms with Crippen molar-refractivity contribution in [3.05, 3.63) is 28.8 Å². The van der Waals surface area contributed by atoms with E-state index in [4.69, 9.17) is 16.3 Å². The van der Waals surface area contributed by atoms with Crippen LogP contribution >= 0.6 is 11.6 Å². The van der Waals surface area contributed by atoms with E-state index in [2.05, 4.69) is 24.1 Å². The zero-order valence-corrected chi connectivity index (χ0v) is 14.3. The van der Waals surface area contributed by atoms with E-state index in [1.54, 1.807) is 25.3 Å². The van der Waals surface area contributed by atoms with Gasteiger partial charge in [-0.15, -0.1) is 0 Å². The van der Waals surface area contributed by atoms with Gasteiger partial charge in [0.25, 0.3) is 5.91 Å². The number of amides is 1. The lowest BCUT2D eigenvalue weighted by Gasteiger charge is -2.34. The third kappa shape index (κ3) is 4.62. The van der Waals surface area contributed by atoms with Crippen LogP contribution in [-0.4, -0.2) is 44.1 Å². The van der Waals surface area contributed by atoms with Gasteiger partial charge in [0.1, 0.15) is 5.75 Å². The van der Waals surface area contributed by atoms with E-state index in [-0.39, 0.29) is 5.91 Å². The molecule has 22 heavy (non-hydrogen) atoms. The molecule has 2 rings (SSSR count). The quantitative estimate of drug-likeness (QED) is 0.905. The summed E-state index contributed by atoms with van der Waals surface area (Å²) in [6, 6.07) is 5.07. The Bertz CT molecular complexity index is 511. The molecule has 1 heterocycles. The second-order valence-corrected chi connectivity index (χ2v) is 6.74. The number of ether oxygens (including phenoxy) is 1. The van der Waals surface area contributed by atoms with Crippen LogP contribution in [0, 0.1) is 11.8 Å². The Morgan fingerprint density at radius 3 is 2.68 bits per heavy atom. The number of piperidine rings is 1. The average Bonchev–Trinajstić information content (AvgIpc) is 2.46. The van der Waals surface area contributed by atoms with Gasteiger partial charge in [-0.25, -0.2) is 0 Å². The standard InChI is InChI=1S/C17H25ClN2O2/c1-12-8-13(2)11-20(10-12)7-6-19-17(21)15-9-14(18)4-5-16(15)22-3/h4-5,9,12-13H,6-8,10-11H2,1-3H3,(H,19,21)/t12-,13+. The first kappa shape index (κ1) is 17.1. The molecule has 0 bridgehead atoms. The minimum atomic E-state index is -0.141. The zero-order valence-electron chi connectivity index (χ0n) is 13.6. The first-order valence-electron chi connectivity index (χ1n) is 7.83. The topological polar surface area (TPSA) is 41.6 Å². The summed E-state index contributed by atoms with van der Waals surface area (Å²) in [6.45, 7) is 8.31. The van der Waals surface area contributed by atoms with E-state index in [9.17, 15) is 4.79 Å². The molecule has 1 aliphatic rings. The Hall–Kier alpha value is -1.26. The molecule has 0 aromatic heterocycles. The number of benzene rings is 1. The molecule has 0 aliphatic carbocycles. The van der Waals surface area contributed by atoms with E-state index >= 15 is 0 Å². The first-order chi connectivity index (χ1) is 10.5. The minimum absolute atomic E-state index is 0.141. The van der Waals surface area contributed by atoms with Gasteiger partial charge in [-0.05, 0) is 36.5 Å². The third-order valence-corrected chi connectivity index (χ3v) is 4.30. The van der Waals surface area contributed by atoms with Gasteiger partial charge in [-0.1, -0.05) is 25.4 Å². The van der Waals surface area contributed by atoms with E-state index in [0.717, 1.165) is 31.5 Å². The van der Waals surface area contributed by atoms with Gasteiger partial charge < -0.3 is 15.0 Å². The Labute approximate surface area is 137 Å². The highest BCUT2D eigenvalue weighted by Gasteiger charge is 2.21. The summed E-state index contributed by atoms with van der Waals surface area (Å²) in [5.74, 6) is 1.86. The predicted octanol–water partition coefficient (Wildman–Crippen LogP) is 3.06. The molecule has 2 atom stereocenters. The van der Waals surface area contributed by atoms with Crippen molar-refractivity contribution in [1.82, 2.24) is 10.2 Å². The largest absolute Gasteiger partial charge is 0.496 e. The molecule has 1 aromatic carbocycles. The lowest BCUT2D eigenvalue weighted by Crippen LogP contribution is -2.42. The maximum Gasteiger partial charge on any atom is 0.255 e. The van der Waals surface area contributed by atoms with Crippen molar-refractivity contribution in [3.63, 3.8) is 0 Å². The van der Waals surface area contributed by atoms with Crippen LogP contribution < -0.4 is 10.1 Å². The van der Waals surface area contributed by atoms with Crippen molar-refractivity contribution in [1.29, 1.82) is 0 Å². The van der Waals surface area contributed by atoms with Crippen molar-refractivity contribution >= 4 is 17.5 Å². The first-order valence-corrected chi connectivity index (χ1v) is 8.21. The number of carbonyl (C=O) groups is 1. The highest BCUT2D eigenvalue weighted by Crippen LogP contribution is 2.23. The molecule has 1 amide bonds. The Balaban J connectivity index is 1.86. The molecule has 0 unspecified atom stereocenters. The molecule has 0 spiro atoms. The van der Waals surface area contributed by atoms with Crippen molar-refractivity contribution in [2.75, 3.05) is 33.3 Å². The molecule has 1 aromatic rings. The van der Waals surface area contributed by atoms with E-state index in [1.807, 2.05) is 0 Å². The number of hydrogen-bond acceptors (Lipinski definition) is 3. The van der Waals surface area contributed by atoms with Gasteiger partial charge in [-0.2, -0.15) is 0 Å². The van der Waals surface area contributed by atoms with Gasteiger partial charge >= 0.3 is 0 Å². The van der Waals surface area contributed by atoms with Crippen molar-refractivity contribution in [3.8, 4) is 5.75 Å². The SMILES string of the molecule is COc1ccc(Cl)cc1C(=O)NCCN1C[C@H](C)C[C@H](C)C1. The fourth-order valence-electron chi connectivity index (χ4n) is 3.26. The van der Waals surface area contributed by atoms with Crippen molar-refractivity contribution < 1.29 is 9.53 Å². The summed E-state index contributed by atoms with van der Waals surface area (Å²) in [7, 11) is 1.55. The highest BCUT2D eigenvalue weighted by molar-refractivity contribution is 6.31. The summed E-state index contributed by atoms with van der Waals surface area (Å²) < 4.78 is 5.22. The van der Waals surface area contributed by atoms with Crippen LogP contribution in [0.25, 0.3) is 0 Å². The van der Waals surface area contributed by atoms with Crippen LogP contribution in [-0.2, 0) is 0 Å². The summed E-state index contributed by atoms with van der Waals surface area (Å²) >= 11 is 5.96. The van der Waals surface area contributed by atoms with Crippen molar-refractivity contribution in [2.24, 2.45) is 11.8 Å². The fourth-order valence-corrected chi connectivity index (χ4v) is 3.43. The number of methoxy groups -OCH3 is 1. The molecule has 1 fully saturated rings. The van der Waals surface area contributed by atoms with Gasteiger partial charge in [0, 0.05) is 31.2 Å². The molecule has 4 nitrogen and oxygen atoms in total. The third-order valence-electron chi connectivity index (χ3n) is 4.06. The lowest BCUT2D eigenvalue weighted by atomic mass is 9.92. The Morgan fingerprint density at radius 1 is 1.36 bits per heavy atom. The van der Waals surface area contributed by atoms with Crippen molar-refractivity contribution in [2.45, 2.75) is 20.3 Å². The molecule has 0 radical (unpaired) electrons. The van der Waals surface area contributed by atoms with E-state index in [1.165, 1.54) is 6.42 Å². The Morgan fingerprint density at radius 2 is 2.05 bits per heavy atom. The number of hydrogen-bond donors (Lipinski definition) is 1. The molecule has 0 saturated carbocycles. The number of likely N-dealkylation sites (tertiary alicyclic amines) is 1. The molecular weight excluding hydrogens is 300 g/mol. The summed E-state index contributed by atoms with van der Waals surface area (Å²) in [4.78, 5) is 14.7. The number of nitrogens with zero attached hydrogens (tertiary/aromatic N) is 1. The summed E-state index contributed by atoms with van der Waals surface area (Å²) in [5.41, 5.74) is 0.482. The zero-order chi connectivity index (χ0) is 16.1. The predicted molar refractivity (Wildman–Crippen MR) is 89.7 cm³/mol. The molecule has 1 saturated heterocycles. The molecule has 5 heteroatoms. The maximum absolute atomic E-state index is 12.3.